The van der Waals surface area contributed by atoms with Gasteiger partial charge in [0.2, 0.25) is 0 Å². The first-order valence-corrected chi connectivity index (χ1v) is 7.56. The van der Waals surface area contributed by atoms with Crippen molar-refractivity contribution in [2.75, 3.05) is 26.2 Å². The number of hydrogen-bond acceptors (Lipinski definition) is 1. The van der Waals surface area contributed by atoms with E-state index >= 15 is 0 Å². The molecule has 0 rings (SSSR count). The van der Waals surface area contributed by atoms with Gasteiger partial charge in [-0.1, -0.05) is 0 Å². The molecule has 0 bridgehead atoms. The standard InChI is InChI=1S/C7H17Cl2NP/c1-7(2,10(8)9)6-11(3,4)5/h6H2,1-5H3/q+1. The van der Waals surface area contributed by atoms with E-state index in [4.69, 9.17) is 23.6 Å². The summed E-state index contributed by atoms with van der Waals surface area (Å²) in [5.41, 5.74) is -0.102. The predicted molar refractivity (Wildman–Crippen MR) is 57.2 cm³/mol. The Hall–Kier alpha value is 0.970. The van der Waals surface area contributed by atoms with Gasteiger partial charge in [0.05, 0.1) is 11.7 Å². The molecule has 0 aliphatic heterocycles. The zero-order valence-corrected chi connectivity index (χ0v) is 10.3. The fourth-order valence-corrected chi connectivity index (χ4v) is 3.96. The SMILES string of the molecule is CC(C)(C[P+](C)(C)C)N(Cl)Cl. The molecule has 0 fully saturated rings. The summed E-state index contributed by atoms with van der Waals surface area (Å²) in [6.07, 6.45) is 1.08. The minimum absolute atomic E-state index is 0.102. The molecule has 0 spiro atoms. The summed E-state index contributed by atoms with van der Waals surface area (Å²) in [5, 5.41) is 0. The van der Waals surface area contributed by atoms with Crippen LogP contribution in [0.4, 0.5) is 0 Å². The summed E-state index contributed by atoms with van der Waals surface area (Å²) >= 11 is 11.4. The van der Waals surface area contributed by atoms with Gasteiger partial charge in [0.25, 0.3) is 0 Å². The maximum absolute atomic E-state index is 5.69. The van der Waals surface area contributed by atoms with Gasteiger partial charge in [-0.15, -0.1) is 3.94 Å². The molecule has 0 unspecified atom stereocenters. The van der Waals surface area contributed by atoms with Gasteiger partial charge in [0, 0.05) is 27.3 Å². The maximum atomic E-state index is 5.69. The van der Waals surface area contributed by atoms with E-state index in [-0.39, 0.29) is 5.54 Å². The third-order valence-corrected chi connectivity index (χ3v) is 3.96. The quantitative estimate of drug-likeness (QED) is 0.518. The molecule has 0 radical (unpaired) electrons. The molecule has 11 heavy (non-hydrogen) atoms. The molecule has 0 saturated heterocycles. The Labute approximate surface area is 80.6 Å². The average Bonchev–Trinajstić information content (AvgIpc) is 1.56. The Morgan fingerprint density at radius 1 is 1.18 bits per heavy atom. The van der Waals surface area contributed by atoms with Gasteiger partial charge in [-0.2, -0.15) is 0 Å². The molecule has 0 aliphatic carbocycles. The monoisotopic (exact) mass is 216 g/mol. The lowest BCUT2D eigenvalue weighted by Gasteiger charge is -2.29. The molecule has 4 heteroatoms. The lowest BCUT2D eigenvalue weighted by molar-refractivity contribution is 0.396. The lowest BCUT2D eigenvalue weighted by Crippen LogP contribution is -2.35. The Morgan fingerprint density at radius 3 is 1.64 bits per heavy atom. The maximum Gasteiger partial charge on any atom is 0.0803 e. The third kappa shape index (κ3) is 5.25. The topological polar surface area (TPSA) is 3.24 Å². The summed E-state index contributed by atoms with van der Waals surface area (Å²) in [4.78, 5) is 0. The van der Waals surface area contributed by atoms with Crippen LogP contribution in [0.2, 0.25) is 0 Å². The van der Waals surface area contributed by atoms with E-state index in [0.29, 0.717) is 0 Å². The summed E-state index contributed by atoms with van der Waals surface area (Å²) in [7, 11) is -0.802. The average molecular weight is 217 g/mol. The van der Waals surface area contributed by atoms with E-state index < -0.39 is 7.26 Å². The molecule has 1 nitrogen and oxygen atoms in total. The molecular formula is C7H17Cl2NP+. The van der Waals surface area contributed by atoms with Crippen molar-refractivity contribution in [3.05, 3.63) is 0 Å². The molecule has 68 valence electrons. The first-order chi connectivity index (χ1) is 4.65. The van der Waals surface area contributed by atoms with Crippen LogP contribution in [-0.4, -0.2) is 35.6 Å². The second-order valence-electron chi connectivity index (χ2n) is 4.49. The molecule has 0 heterocycles. The number of hydrogen-bond donors (Lipinski definition) is 0. The molecule has 0 amide bonds. The highest BCUT2D eigenvalue weighted by Crippen LogP contribution is 2.50. The van der Waals surface area contributed by atoms with E-state index in [1.165, 1.54) is 3.94 Å². The number of nitrogens with zero attached hydrogens (tertiary/aromatic N) is 1. The van der Waals surface area contributed by atoms with Crippen LogP contribution < -0.4 is 0 Å². The highest BCUT2D eigenvalue weighted by atomic mass is 35.5. The van der Waals surface area contributed by atoms with Gasteiger partial charge in [-0.05, 0) is 37.4 Å². The zero-order valence-electron chi connectivity index (χ0n) is 7.86. The van der Waals surface area contributed by atoms with Gasteiger partial charge >= 0.3 is 0 Å². The Bertz CT molecular complexity index is 129. The predicted octanol–water partition coefficient (Wildman–Crippen LogP) is 3.28. The van der Waals surface area contributed by atoms with Crippen LogP contribution in [0.3, 0.4) is 0 Å². The zero-order chi connectivity index (χ0) is 9.28. The Morgan fingerprint density at radius 2 is 1.55 bits per heavy atom. The summed E-state index contributed by atoms with van der Waals surface area (Å²) < 4.78 is 1.26. The fraction of sp³-hybridized carbons (Fsp3) is 1.00. The second kappa shape index (κ2) is 3.79. The van der Waals surface area contributed by atoms with Crippen molar-refractivity contribution in [1.82, 2.24) is 3.94 Å². The molecule has 0 aromatic carbocycles. The van der Waals surface area contributed by atoms with Crippen molar-refractivity contribution in [3.63, 3.8) is 0 Å². The highest BCUT2D eigenvalue weighted by molar-refractivity contribution is 7.73. The number of halogens is 2. The van der Waals surface area contributed by atoms with E-state index in [1.807, 2.05) is 0 Å². The van der Waals surface area contributed by atoms with Crippen molar-refractivity contribution >= 4 is 30.8 Å². The van der Waals surface area contributed by atoms with Crippen molar-refractivity contribution < 1.29 is 0 Å². The minimum atomic E-state index is -0.802. The van der Waals surface area contributed by atoms with Crippen molar-refractivity contribution in [2.24, 2.45) is 0 Å². The van der Waals surface area contributed by atoms with Crippen LogP contribution >= 0.6 is 30.8 Å². The van der Waals surface area contributed by atoms with E-state index in [9.17, 15) is 0 Å². The van der Waals surface area contributed by atoms with Crippen LogP contribution in [0.25, 0.3) is 0 Å². The first kappa shape index (κ1) is 12.0. The van der Waals surface area contributed by atoms with E-state index in [2.05, 4.69) is 33.8 Å². The first-order valence-electron chi connectivity index (χ1n) is 3.57. The number of rotatable bonds is 3. The van der Waals surface area contributed by atoms with E-state index in [0.717, 1.165) is 6.16 Å². The highest BCUT2D eigenvalue weighted by Gasteiger charge is 2.34. The molecule has 0 aromatic heterocycles. The summed E-state index contributed by atoms with van der Waals surface area (Å²) in [5.74, 6) is 0. The third-order valence-electron chi connectivity index (χ3n) is 1.32. The Balaban J connectivity index is 4.13. The van der Waals surface area contributed by atoms with Crippen molar-refractivity contribution in [2.45, 2.75) is 19.4 Å². The van der Waals surface area contributed by atoms with Crippen LogP contribution in [0.5, 0.6) is 0 Å². The van der Waals surface area contributed by atoms with Crippen LogP contribution in [-0.2, 0) is 0 Å². The van der Waals surface area contributed by atoms with Crippen LogP contribution in [0.15, 0.2) is 0 Å². The largest absolute Gasteiger partial charge is 0.123 e. The van der Waals surface area contributed by atoms with Gasteiger partial charge < -0.3 is 0 Å². The summed E-state index contributed by atoms with van der Waals surface area (Å²) in [6.45, 7) is 11.0. The smallest absolute Gasteiger partial charge is 0.0803 e. The molecular weight excluding hydrogens is 200 g/mol. The van der Waals surface area contributed by atoms with Crippen LogP contribution in [0, 0.1) is 0 Å². The van der Waals surface area contributed by atoms with Crippen molar-refractivity contribution in [1.29, 1.82) is 0 Å². The fourth-order valence-electron chi connectivity index (χ4n) is 1.21. The van der Waals surface area contributed by atoms with E-state index in [1.54, 1.807) is 0 Å². The van der Waals surface area contributed by atoms with Gasteiger partial charge in [0.15, 0.2) is 0 Å². The van der Waals surface area contributed by atoms with Gasteiger partial charge in [-0.3, -0.25) is 0 Å². The lowest BCUT2D eigenvalue weighted by atomic mass is 10.1. The van der Waals surface area contributed by atoms with Crippen LogP contribution in [0.1, 0.15) is 13.8 Å². The molecule has 0 saturated carbocycles. The van der Waals surface area contributed by atoms with Gasteiger partial charge in [-0.25, -0.2) is 0 Å². The van der Waals surface area contributed by atoms with Gasteiger partial charge in [0.1, 0.15) is 0 Å². The molecule has 0 aromatic rings. The molecule has 0 atom stereocenters. The molecule has 0 N–H and O–H groups in total. The summed E-state index contributed by atoms with van der Waals surface area (Å²) in [6, 6.07) is 0. The second-order valence-corrected chi connectivity index (χ2v) is 10.2. The molecule has 0 aliphatic rings. The Kier molecular flexibility index (Phi) is 4.12. The normalized spacial score (nSPS) is 14.2. The van der Waals surface area contributed by atoms with Crippen molar-refractivity contribution in [3.8, 4) is 0 Å². The minimum Gasteiger partial charge on any atom is -0.123 e.